The number of halogens is 1. The van der Waals surface area contributed by atoms with Crippen molar-refractivity contribution in [2.24, 2.45) is 17.8 Å². The standard InChI is InChI=1S/C23H27ClO6/c1-6-11(2)7-8-14-9-15-16(10-29-14)18-17(20(26)12(3)13(4)25)22(28)30-23(18,5)21(27)19(15)24/h7-9,11-13,16,25H,6,10H2,1-5H3/b8-7+/t11-,12+,13+,16?,23-/m0/s1. The fourth-order valence-corrected chi connectivity index (χ4v) is 4.21. The zero-order chi connectivity index (χ0) is 22.4. The lowest BCUT2D eigenvalue weighted by atomic mass is 9.71. The molecule has 1 aliphatic carbocycles. The number of hydrogen-bond acceptors (Lipinski definition) is 6. The van der Waals surface area contributed by atoms with Crippen LogP contribution in [0.15, 0.2) is 45.7 Å². The van der Waals surface area contributed by atoms with E-state index in [0.29, 0.717) is 17.3 Å². The fraction of sp³-hybridized carbons (Fsp3) is 0.522. The van der Waals surface area contributed by atoms with Gasteiger partial charge < -0.3 is 14.6 Å². The molecule has 5 atom stereocenters. The Bertz CT molecular complexity index is 922. The van der Waals surface area contributed by atoms with E-state index in [1.54, 1.807) is 6.08 Å². The van der Waals surface area contributed by atoms with Crippen LogP contribution in [0.3, 0.4) is 0 Å². The van der Waals surface area contributed by atoms with Crippen LogP contribution >= 0.6 is 11.6 Å². The van der Waals surface area contributed by atoms with Crippen molar-refractivity contribution in [1.82, 2.24) is 0 Å². The molecular weight excluding hydrogens is 408 g/mol. The van der Waals surface area contributed by atoms with Crippen LogP contribution in [0.5, 0.6) is 0 Å². The molecule has 0 saturated heterocycles. The Morgan fingerprint density at radius 1 is 1.37 bits per heavy atom. The van der Waals surface area contributed by atoms with Crippen LogP contribution in [-0.4, -0.2) is 41.0 Å². The Balaban J connectivity index is 2.12. The number of esters is 1. The van der Waals surface area contributed by atoms with Gasteiger partial charge in [-0.3, -0.25) is 9.59 Å². The number of ketones is 2. The first kappa shape index (κ1) is 22.5. The van der Waals surface area contributed by atoms with Gasteiger partial charge in [0.2, 0.25) is 5.78 Å². The van der Waals surface area contributed by atoms with E-state index in [1.807, 2.05) is 12.2 Å². The van der Waals surface area contributed by atoms with Crippen LogP contribution in [0, 0.1) is 17.8 Å². The number of aliphatic hydroxyl groups is 1. The van der Waals surface area contributed by atoms with Crippen LogP contribution < -0.4 is 0 Å². The molecule has 3 rings (SSSR count). The van der Waals surface area contributed by atoms with Crippen molar-refractivity contribution in [2.75, 3.05) is 6.61 Å². The number of ether oxygens (including phenoxy) is 2. The van der Waals surface area contributed by atoms with Crippen molar-refractivity contribution >= 4 is 29.1 Å². The predicted octanol–water partition coefficient (Wildman–Crippen LogP) is 3.39. The molecule has 2 heterocycles. The maximum atomic E-state index is 13.1. The molecule has 162 valence electrons. The van der Waals surface area contributed by atoms with Crippen molar-refractivity contribution in [2.45, 2.75) is 52.7 Å². The Morgan fingerprint density at radius 2 is 2.03 bits per heavy atom. The third kappa shape index (κ3) is 3.56. The highest BCUT2D eigenvalue weighted by Crippen LogP contribution is 2.50. The number of Topliss-reactive ketones (excluding diaryl/α,β-unsaturated/α-hetero) is 2. The monoisotopic (exact) mass is 434 g/mol. The molecule has 0 aromatic carbocycles. The molecule has 0 radical (unpaired) electrons. The number of rotatable bonds is 6. The van der Waals surface area contributed by atoms with Gasteiger partial charge in [0, 0.05) is 17.4 Å². The van der Waals surface area contributed by atoms with Crippen LogP contribution in [0.4, 0.5) is 0 Å². The second kappa shape index (κ2) is 8.16. The van der Waals surface area contributed by atoms with Crippen molar-refractivity contribution in [3.8, 4) is 0 Å². The molecule has 1 N–H and O–H groups in total. The van der Waals surface area contributed by atoms with E-state index in [-0.39, 0.29) is 22.8 Å². The third-order valence-corrected chi connectivity index (χ3v) is 6.62. The van der Waals surface area contributed by atoms with Crippen LogP contribution in [0.25, 0.3) is 0 Å². The largest absolute Gasteiger partial charge is 0.493 e. The molecule has 0 aromatic rings. The van der Waals surface area contributed by atoms with Gasteiger partial charge in [0.25, 0.3) is 0 Å². The van der Waals surface area contributed by atoms with Gasteiger partial charge in [0.1, 0.15) is 11.3 Å². The van der Waals surface area contributed by atoms with Gasteiger partial charge in [-0.05, 0) is 37.5 Å². The normalized spacial score (nSPS) is 29.2. The van der Waals surface area contributed by atoms with Gasteiger partial charge in [-0.15, -0.1) is 0 Å². The molecule has 6 nitrogen and oxygen atoms in total. The first-order chi connectivity index (χ1) is 14.0. The van der Waals surface area contributed by atoms with Gasteiger partial charge in [0.15, 0.2) is 11.4 Å². The van der Waals surface area contributed by atoms with Gasteiger partial charge in [-0.25, -0.2) is 4.79 Å². The Labute approximate surface area is 181 Å². The zero-order valence-corrected chi connectivity index (χ0v) is 18.6. The number of allylic oxidation sites excluding steroid dienone is 3. The molecule has 7 heteroatoms. The summed E-state index contributed by atoms with van der Waals surface area (Å²) in [5.74, 6) is -2.44. The van der Waals surface area contributed by atoms with E-state index in [1.165, 1.54) is 20.8 Å². The highest BCUT2D eigenvalue weighted by molar-refractivity contribution is 6.45. The molecule has 0 amide bonds. The SMILES string of the molecule is CC[C@H](C)/C=C/C1=CC2=C(Cl)C(=O)[C@@]3(C)OC(=O)C(C(=O)[C@H](C)[C@@H](C)O)=C3C2CO1. The minimum absolute atomic E-state index is 0.0194. The summed E-state index contributed by atoms with van der Waals surface area (Å²) in [7, 11) is 0. The van der Waals surface area contributed by atoms with Gasteiger partial charge in [0.05, 0.1) is 17.7 Å². The van der Waals surface area contributed by atoms with Crippen LogP contribution in [0.2, 0.25) is 0 Å². The predicted molar refractivity (Wildman–Crippen MR) is 111 cm³/mol. The number of carbonyl (C=O) groups is 3. The summed E-state index contributed by atoms with van der Waals surface area (Å²) >= 11 is 6.41. The lowest BCUT2D eigenvalue weighted by molar-refractivity contribution is -0.154. The topological polar surface area (TPSA) is 89.9 Å². The second-order valence-corrected chi connectivity index (χ2v) is 8.74. The molecule has 0 aromatic heterocycles. The quantitative estimate of drug-likeness (QED) is 0.509. The molecule has 3 aliphatic rings. The zero-order valence-electron chi connectivity index (χ0n) is 17.8. The number of hydrogen-bond donors (Lipinski definition) is 1. The number of aliphatic hydroxyl groups excluding tert-OH is 1. The van der Waals surface area contributed by atoms with Crippen molar-refractivity contribution in [1.29, 1.82) is 0 Å². The average molecular weight is 435 g/mol. The molecular formula is C23H27ClO6. The van der Waals surface area contributed by atoms with Crippen molar-refractivity contribution < 1.29 is 29.0 Å². The minimum atomic E-state index is -1.65. The number of fused-ring (bicyclic) bond motifs is 3. The number of carbonyl (C=O) groups excluding carboxylic acids is 3. The van der Waals surface area contributed by atoms with E-state index < -0.39 is 41.1 Å². The Morgan fingerprint density at radius 3 is 2.63 bits per heavy atom. The lowest BCUT2D eigenvalue weighted by Gasteiger charge is -2.37. The molecule has 0 spiro atoms. The van der Waals surface area contributed by atoms with E-state index in [9.17, 15) is 19.5 Å². The molecule has 30 heavy (non-hydrogen) atoms. The van der Waals surface area contributed by atoms with Crippen LogP contribution in [-0.2, 0) is 23.9 Å². The van der Waals surface area contributed by atoms with E-state index in [2.05, 4.69) is 13.8 Å². The maximum Gasteiger partial charge on any atom is 0.343 e. The van der Waals surface area contributed by atoms with E-state index >= 15 is 0 Å². The van der Waals surface area contributed by atoms with Crippen LogP contribution in [0.1, 0.15) is 41.0 Å². The highest BCUT2D eigenvalue weighted by Gasteiger charge is 2.58. The highest BCUT2D eigenvalue weighted by atomic mass is 35.5. The van der Waals surface area contributed by atoms with E-state index in [0.717, 1.165) is 6.42 Å². The summed E-state index contributed by atoms with van der Waals surface area (Å²) in [4.78, 5) is 38.7. The lowest BCUT2D eigenvalue weighted by Crippen LogP contribution is -2.46. The average Bonchev–Trinajstić information content (AvgIpc) is 3.00. The Kier molecular flexibility index (Phi) is 6.12. The molecule has 1 unspecified atom stereocenters. The molecule has 0 saturated carbocycles. The Hall–Kier alpha value is -2.18. The second-order valence-electron chi connectivity index (χ2n) is 8.36. The van der Waals surface area contributed by atoms with Gasteiger partial charge in [-0.2, -0.15) is 0 Å². The summed E-state index contributed by atoms with van der Waals surface area (Å²) in [5.41, 5.74) is -1.04. The molecule has 2 aliphatic heterocycles. The summed E-state index contributed by atoms with van der Waals surface area (Å²) < 4.78 is 11.3. The smallest absolute Gasteiger partial charge is 0.343 e. The molecule has 0 fully saturated rings. The summed E-state index contributed by atoms with van der Waals surface area (Å²) in [6.45, 7) is 8.75. The third-order valence-electron chi connectivity index (χ3n) is 6.23. The fourth-order valence-electron chi connectivity index (χ4n) is 3.85. The maximum absolute atomic E-state index is 13.1. The first-order valence-electron chi connectivity index (χ1n) is 10.2. The molecule has 0 bridgehead atoms. The van der Waals surface area contributed by atoms with Crippen molar-refractivity contribution in [3.05, 3.63) is 45.7 Å². The summed E-state index contributed by atoms with van der Waals surface area (Å²) in [6.07, 6.45) is 5.56. The summed E-state index contributed by atoms with van der Waals surface area (Å²) in [6, 6.07) is 0. The van der Waals surface area contributed by atoms with Gasteiger partial charge in [-0.1, -0.05) is 44.9 Å². The first-order valence-corrected chi connectivity index (χ1v) is 10.6. The van der Waals surface area contributed by atoms with Crippen molar-refractivity contribution in [3.63, 3.8) is 0 Å². The van der Waals surface area contributed by atoms with Gasteiger partial charge >= 0.3 is 5.97 Å². The summed E-state index contributed by atoms with van der Waals surface area (Å²) in [5, 5.41) is 9.83. The minimum Gasteiger partial charge on any atom is -0.493 e. The van der Waals surface area contributed by atoms with E-state index in [4.69, 9.17) is 21.1 Å².